The highest BCUT2D eigenvalue weighted by molar-refractivity contribution is 7.92. The van der Waals surface area contributed by atoms with Crippen LogP contribution in [-0.4, -0.2) is 45.6 Å². The highest BCUT2D eigenvalue weighted by Gasteiger charge is 2.25. The first-order valence-corrected chi connectivity index (χ1v) is 11.5. The molecule has 0 saturated carbocycles. The van der Waals surface area contributed by atoms with Gasteiger partial charge in [0.2, 0.25) is 10.0 Å². The van der Waals surface area contributed by atoms with Crippen molar-refractivity contribution in [1.29, 1.82) is 0 Å². The van der Waals surface area contributed by atoms with E-state index < -0.39 is 10.0 Å². The Kier molecular flexibility index (Phi) is 6.30. The number of nitrogens with zero attached hydrogens (tertiary/aromatic N) is 2. The number of piperidine rings is 1. The van der Waals surface area contributed by atoms with Crippen LogP contribution in [0.25, 0.3) is 0 Å². The lowest BCUT2D eigenvalue weighted by atomic mass is 9.90. The van der Waals surface area contributed by atoms with Crippen LogP contribution in [0.2, 0.25) is 5.02 Å². The largest absolute Gasteiger partial charge is 0.339 e. The van der Waals surface area contributed by atoms with Crippen LogP contribution in [0.5, 0.6) is 0 Å². The number of sulfonamides is 1. The zero-order valence-corrected chi connectivity index (χ0v) is 17.7. The van der Waals surface area contributed by atoms with Gasteiger partial charge in [-0.15, -0.1) is 0 Å². The van der Waals surface area contributed by atoms with Crippen LogP contribution < -0.4 is 4.31 Å². The van der Waals surface area contributed by atoms with Gasteiger partial charge in [-0.05, 0) is 48.9 Å². The fraction of sp³-hybridized carbons (Fsp3) is 0.381. The van der Waals surface area contributed by atoms with Crippen LogP contribution in [0.1, 0.15) is 28.8 Å². The van der Waals surface area contributed by atoms with E-state index in [4.69, 9.17) is 11.6 Å². The van der Waals surface area contributed by atoms with Gasteiger partial charge in [-0.2, -0.15) is 0 Å². The lowest BCUT2D eigenvalue weighted by molar-refractivity contribution is 0.0691. The van der Waals surface area contributed by atoms with Crippen molar-refractivity contribution in [3.05, 3.63) is 64.7 Å². The Bertz CT molecular complexity index is 939. The van der Waals surface area contributed by atoms with Crippen molar-refractivity contribution in [2.24, 2.45) is 5.92 Å². The molecule has 0 bridgehead atoms. The quantitative estimate of drug-likeness (QED) is 0.738. The molecule has 0 N–H and O–H groups in total. The number of benzene rings is 2. The fourth-order valence-corrected chi connectivity index (χ4v) is 4.27. The summed E-state index contributed by atoms with van der Waals surface area (Å²) in [7, 11) is -1.92. The first-order valence-electron chi connectivity index (χ1n) is 9.32. The number of hydrogen-bond acceptors (Lipinski definition) is 3. The van der Waals surface area contributed by atoms with E-state index in [2.05, 4.69) is 24.3 Å². The SMILES string of the molecule is CN(c1ccc(C(=O)N2CCC(Cc3ccccc3)CC2)c(Cl)c1)S(C)(=O)=O. The molecule has 1 fully saturated rings. The monoisotopic (exact) mass is 420 g/mol. The molecular weight excluding hydrogens is 396 g/mol. The van der Waals surface area contributed by atoms with E-state index in [0.29, 0.717) is 30.3 Å². The van der Waals surface area contributed by atoms with Crippen molar-refractivity contribution in [2.75, 3.05) is 30.7 Å². The third-order valence-electron chi connectivity index (χ3n) is 5.31. The summed E-state index contributed by atoms with van der Waals surface area (Å²) in [4.78, 5) is 14.7. The summed E-state index contributed by atoms with van der Waals surface area (Å²) in [6.45, 7) is 1.41. The maximum Gasteiger partial charge on any atom is 0.255 e. The zero-order chi connectivity index (χ0) is 20.3. The van der Waals surface area contributed by atoms with Gasteiger partial charge >= 0.3 is 0 Å². The molecule has 0 spiro atoms. The third kappa shape index (κ3) is 4.86. The molecule has 2 aromatic carbocycles. The molecule has 5 nitrogen and oxygen atoms in total. The third-order valence-corrected chi connectivity index (χ3v) is 6.83. The van der Waals surface area contributed by atoms with E-state index in [1.807, 2.05) is 11.0 Å². The van der Waals surface area contributed by atoms with Crippen LogP contribution in [0, 0.1) is 5.92 Å². The van der Waals surface area contributed by atoms with E-state index in [0.717, 1.165) is 29.8 Å². The van der Waals surface area contributed by atoms with E-state index in [-0.39, 0.29) is 10.9 Å². The Morgan fingerprint density at radius 3 is 2.36 bits per heavy atom. The van der Waals surface area contributed by atoms with Gasteiger partial charge in [-0.3, -0.25) is 9.10 Å². The van der Waals surface area contributed by atoms with Gasteiger partial charge in [0, 0.05) is 20.1 Å². The number of likely N-dealkylation sites (tertiary alicyclic amines) is 1. The van der Waals surface area contributed by atoms with Crippen molar-refractivity contribution in [3.8, 4) is 0 Å². The summed E-state index contributed by atoms with van der Waals surface area (Å²) in [5.41, 5.74) is 2.18. The second kappa shape index (κ2) is 8.53. The minimum Gasteiger partial charge on any atom is -0.339 e. The van der Waals surface area contributed by atoms with Gasteiger partial charge in [0.25, 0.3) is 5.91 Å². The number of halogens is 1. The average Bonchev–Trinajstić information content (AvgIpc) is 2.67. The Morgan fingerprint density at radius 2 is 1.79 bits per heavy atom. The fourth-order valence-electron chi connectivity index (χ4n) is 3.52. The minimum atomic E-state index is -3.38. The normalized spacial score (nSPS) is 15.5. The Morgan fingerprint density at radius 1 is 1.14 bits per heavy atom. The average molecular weight is 421 g/mol. The molecule has 1 saturated heterocycles. The molecule has 7 heteroatoms. The van der Waals surface area contributed by atoms with E-state index >= 15 is 0 Å². The molecule has 150 valence electrons. The van der Waals surface area contributed by atoms with Crippen molar-refractivity contribution >= 4 is 33.2 Å². The highest BCUT2D eigenvalue weighted by atomic mass is 35.5. The van der Waals surface area contributed by atoms with Crippen LogP contribution in [-0.2, 0) is 16.4 Å². The van der Waals surface area contributed by atoms with Gasteiger partial charge in [0.05, 0.1) is 22.5 Å². The second-order valence-electron chi connectivity index (χ2n) is 7.32. The van der Waals surface area contributed by atoms with Gasteiger partial charge in [-0.1, -0.05) is 41.9 Å². The maximum atomic E-state index is 12.9. The maximum absolute atomic E-state index is 12.9. The molecule has 3 rings (SSSR count). The number of anilines is 1. The summed E-state index contributed by atoms with van der Waals surface area (Å²) in [6.07, 6.45) is 4.09. The van der Waals surface area contributed by atoms with Crippen LogP contribution >= 0.6 is 11.6 Å². The van der Waals surface area contributed by atoms with Gasteiger partial charge in [0.1, 0.15) is 0 Å². The Labute approximate surface area is 172 Å². The predicted octanol–water partition coefficient (Wildman–Crippen LogP) is 3.83. The Balaban J connectivity index is 1.63. The van der Waals surface area contributed by atoms with Crippen molar-refractivity contribution in [3.63, 3.8) is 0 Å². The van der Waals surface area contributed by atoms with Crippen LogP contribution in [0.15, 0.2) is 48.5 Å². The molecule has 0 unspecified atom stereocenters. The number of amides is 1. The van der Waals surface area contributed by atoms with Crippen LogP contribution in [0.4, 0.5) is 5.69 Å². The van der Waals surface area contributed by atoms with Crippen molar-refractivity contribution < 1.29 is 13.2 Å². The van der Waals surface area contributed by atoms with E-state index in [1.165, 1.54) is 18.7 Å². The van der Waals surface area contributed by atoms with Crippen LogP contribution in [0.3, 0.4) is 0 Å². The number of rotatable bonds is 5. The number of carbonyl (C=O) groups is 1. The molecule has 1 aliphatic heterocycles. The second-order valence-corrected chi connectivity index (χ2v) is 9.74. The first-order chi connectivity index (χ1) is 13.3. The van der Waals surface area contributed by atoms with Gasteiger partial charge in [-0.25, -0.2) is 8.42 Å². The summed E-state index contributed by atoms with van der Waals surface area (Å²) < 4.78 is 24.5. The Hall–Kier alpha value is -2.05. The lowest BCUT2D eigenvalue weighted by Gasteiger charge is -2.32. The van der Waals surface area contributed by atoms with Crippen molar-refractivity contribution in [1.82, 2.24) is 4.90 Å². The molecule has 0 aliphatic carbocycles. The predicted molar refractivity (Wildman–Crippen MR) is 113 cm³/mol. The summed E-state index contributed by atoms with van der Waals surface area (Å²) in [6, 6.07) is 15.2. The van der Waals surface area contributed by atoms with E-state index in [9.17, 15) is 13.2 Å². The first kappa shape index (κ1) is 20.7. The zero-order valence-electron chi connectivity index (χ0n) is 16.1. The lowest BCUT2D eigenvalue weighted by Crippen LogP contribution is -2.39. The molecule has 1 amide bonds. The van der Waals surface area contributed by atoms with E-state index in [1.54, 1.807) is 12.1 Å². The molecule has 0 radical (unpaired) electrons. The summed E-state index contributed by atoms with van der Waals surface area (Å²) >= 11 is 6.30. The molecule has 2 aromatic rings. The molecule has 1 aliphatic rings. The number of hydrogen-bond donors (Lipinski definition) is 0. The number of carbonyl (C=O) groups excluding carboxylic acids is 1. The minimum absolute atomic E-state index is 0.100. The summed E-state index contributed by atoms with van der Waals surface area (Å²) in [5.74, 6) is 0.476. The molecule has 0 aromatic heterocycles. The summed E-state index contributed by atoms with van der Waals surface area (Å²) in [5, 5.41) is 0.268. The smallest absolute Gasteiger partial charge is 0.255 e. The standard InChI is InChI=1S/C21H25ClN2O3S/c1-23(28(2,26)27)18-8-9-19(20(22)15-18)21(25)24-12-10-17(11-13-24)14-16-6-4-3-5-7-16/h3-9,15,17H,10-14H2,1-2H3. The molecule has 1 heterocycles. The topological polar surface area (TPSA) is 57.7 Å². The van der Waals surface area contributed by atoms with Gasteiger partial charge < -0.3 is 4.90 Å². The van der Waals surface area contributed by atoms with Gasteiger partial charge in [0.15, 0.2) is 0 Å². The molecular formula is C21H25ClN2O3S. The van der Waals surface area contributed by atoms with Crippen molar-refractivity contribution in [2.45, 2.75) is 19.3 Å². The molecule has 0 atom stereocenters. The highest BCUT2D eigenvalue weighted by Crippen LogP contribution is 2.28. The molecule has 28 heavy (non-hydrogen) atoms.